The van der Waals surface area contributed by atoms with E-state index in [1.54, 1.807) is 0 Å². The van der Waals surface area contributed by atoms with Crippen LogP contribution in [0.15, 0.2) is 12.2 Å². The SMILES string of the molecule is O=C1[C@@H]2CC=C[C@@H]2[C@]1(Cl)CCCCBr. The number of halogens is 2. The van der Waals surface area contributed by atoms with Crippen molar-refractivity contribution in [2.45, 2.75) is 30.6 Å². The summed E-state index contributed by atoms with van der Waals surface area (Å²) in [5, 5.41) is 0.998. The maximum Gasteiger partial charge on any atom is 0.158 e. The monoisotopic (exact) mass is 276 g/mol. The van der Waals surface area contributed by atoms with Gasteiger partial charge in [-0.15, -0.1) is 11.6 Å². The summed E-state index contributed by atoms with van der Waals surface area (Å²) in [5.41, 5.74) is 0. The van der Waals surface area contributed by atoms with Crippen molar-refractivity contribution < 1.29 is 4.79 Å². The second-order valence-electron chi connectivity index (χ2n) is 4.17. The van der Waals surface area contributed by atoms with Crippen LogP contribution in [0, 0.1) is 11.8 Å². The number of Topliss-reactive ketones (excluding diaryl/α,β-unsaturated/α-hetero) is 1. The fourth-order valence-corrected chi connectivity index (χ4v) is 3.43. The molecule has 0 radical (unpaired) electrons. The molecule has 0 saturated heterocycles. The van der Waals surface area contributed by atoms with Crippen LogP contribution in [0.5, 0.6) is 0 Å². The highest BCUT2D eigenvalue weighted by atomic mass is 79.9. The van der Waals surface area contributed by atoms with Gasteiger partial charge >= 0.3 is 0 Å². The van der Waals surface area contributed by atoms with Gasteiger partial charge in [-0.25, -0.2) is 0 Å². The zero-order chi connectivity index (χ0) is 10.2. The maximum absolute atomic E-state index is 11.8. The molecule has 0 unspecified atom stereocenters. The van der Waals surface area contributed by atoms with Gasteiger partial charge in [-0.1, -0.05) is 34.5 Å². The summed E-state index contributed by atoms with van der Waals surface area (Å²) in [6.07, 6.45) is 8.12. The Hall–Kier alpha value is 0.180. The number of unbranched alkanes of at least 4 members (excludes halogenated alkanes) is 1. The Morgan fingerprint density at radius 1 is 1.57 bits per heavy atom. The Morgan fingerprint density at radius 2 is 2.36 bits per heavy atom. The lowest BCUT2D eigenvalue weighted by atomic mass is 9.63. The lowest BCUT2D eigenvalue weighted by Crippen LogP contribution is -2.57. The first-order valence-electron chi connectivity index (χ1n) is 5.16. The molecule has 0 aromatic carbocycles. The lowest BCUT2D eigenvalue weighted by Gasteiger charge is -2.46. The van der Waals surface area contributed by atoms with Gasteiger partial charge in [-0.3, -0.25) is 4.79 Å². The van der Waals surface area contributed by atoms with Crippen molar-refractivity contribution in [3.8, 4) is 0 Å². The smallest absolute Gasteiger partial charge is 0.158 e. The molecule has 2 aliphatic rings. The summed E-state index contributed by atoms with van der Waals surface area (Å²) < 4.78 is 0. The molecule has 78 valence electrons. The third-order valence-electron chi connectivity index (χ3n) is 3.37. The molecule has 14 heavy (non-hydrogen) atoms. The van der Waals surface area contributed by atoms with Crippen molar-refractivity contribution in [2.24, 2.45) is 11.8 Å². The molecule has 0 aromatic heterocycles. The molecule has 1 fully saturated rings. The van der Waals surface area contributed by atoms with Gasteiger partial charge in [0, 0.05) is 17.2 Å². The Bertz CT molecular complexity index is 276. The number of carbonyl (C=O) groups excluding carboxylic acids is 1. The molecule has 3 heteroatoms. The molecular formula is C11H14BrClO. The van der Waals surface area contributed by atoms with E-state index in [4.69, 9.17) is 11.6 Å². The van der Waals surface area contributed by atoms with Crippen LogP contribution in [0.3, 0.4) is 0 Å². The first-order chi connectivity index (χ1) is 6.70. The van der Waals surface area contributed by atoms with E-state index in [1.807, 2.05) is 0 Å². The van der Waals surface area contributed by atoms with E-state index in [2.05, 4.69) is 28.1 Å². The van der Waals surface area contributed by atoms with Gasteiger partial charge in [0.25, 0.3) is 0 Å². The molecule has 1 saturated carbocycles. The second-order valence-corrected chi connectivity index (χ2v) is 5.64. The van der Waals surface area contributed by atoms with Crippen LogP contribution in [0.2, 0.25) is 0 Å². The lowest BCUT2D eigenvalue weighted by molar-refractivity contribution is -0.137. The summed E-state index contributed by atoms with van der Waals surface area (Å²) in [6.45, 7) is 0. The Morgan fingerprint density at radius 3 is 3.07 bits per heavy atom. The largest absolute Gasteiger partial charge is 0.297 e. The standard InChI is InChI=1S/C11H14BrClO/c12-7-2-1-6-11(13)9-5-3-4-8(9)10(11)14/h3,5,8-9H,1-2,4,6-7H2/t8-,9+,11-/m1/s1. The number of allylic oxidation sites excluding steroid dienone is 2. The topological polar surface area (TPSA) is 17.1 Å². The minimum absolute atomic E-state index is 0.219. The van der Waals surface area contributed by atoms with E-state index in [1.165, 1.54) is 0 Å². The molecule has 0 aliphatic heterocycles. The van der Waals surface area contributed by atoms with E-state index in [-0.39, 0.29) is 11.7 Å². The molecule has 1 nitrogen and oxygen atoms in total. The third-order valence-corrected chi connectivity index (χ3v) is 4.55. The predicted octanol–water partition coefficient (Wildman–Crippen LogP) is 3.30. The van der Waals surface area contributed by atoms with Gasteiger partial charge in [0.05, 0.1) is 0 Å². The van der Waals surface area contributed by atoms with E-state index >= 15 is 0 Å². The minimum atomic E-state index is -0.542. The van der Waals surface area contributed by atoms with Crippen LogP contribution in [-0.2, 0) is 4.79 Å². The van der Waals surface area contributed by atoms with Gasteiger partial charge < -0.3 is 0 Å². The second kappa shape index (κ2) is 3.97. The number of alkyl halides is 2. The highest BCUT2D eigenvalue weighted by Gasteiger charge is 2.59. The molecule has 2 rings (SSSR count). The molecule has 0 bridgehead atoms. The average Bonchev–Trinajstić information content (AvgIpc) is 2.63. The first-order valence-corrected chi connectivity index (χ1v) is 6.66. The van der Waals surface area contributed by atoms with Crippen molar-refractivity contribution in [3.63, 3.8) is 0 Å². The zero-order valence-corrected chi connectivity index (χ0v) is 10.4. The molecular weight excluding hydrogens is 263 g/mol. The van der Waals surface area contributed by atoms with Crippen LogP contribution in [-0.4, -0.2) is 16.0 Å². The fraction of sp³-hybridized carbons (Fsp3) is 0.727. The van der Waals surface area contributed by atoms with Crippen molar-refractivity contribution in [3.05, 3.63) is 12.2 Å². The Balaban J connectivity index is 1.95. The van der Waals surface area contributed by atoms with Crippen molar-refractivity contribution in [1.29, 1.82) is 0 Å². The number of carbonyl (C=O) groups is 1. The van der Waals surface area contributed by atoms with Gasteiger partial charge in [-0.2, -0.15) is 0 Å². The first kappa shape index (κ1) is 10.7. The molecule has 2 aliphatic carbocycles. The van der Waals surface area contributed by atoms with Crippen LogP contribution in [0.25, 0.3) is 0 Å². The maximum atomic E-state index is 11.8. The number of fused-ring (bicyclic) bond motifs is 1. The average molecular weight is 278 g/mol. The van der Waals surface area contributed by atoms with Gasteiger partial charge in [0.15, 0.2) is 5.78 Å². The van der Waals surface area contributed by atoms with E-state index < -0.39 is 4.87 Å². The van der Waals surface area contributed by atoms with E-state index in [0.717, 1.165) is 31.0 Å². The predicted molar refractivity (Wildman–Crippen MR) is 62.0 cm³/mol. The van der Waals surface area contributed by atoms with Gasteiger partial charge in [-0.05, 0) is 19.3 Å². The van der Waals surface area contributed by atoms with E-state index in [0.29, 0.717) is 5.92 Å². The Kier molecular flexibility index (Phi) is 3.03. The van der Waals surface area contributed by atoms with Crippen molar-refractivity contribution >= 4 is 33.3 Å². The summed E-state index contributed by atoms with van der Waals surface area (Å²) in [6, 6.07) is 0. The van der Waals surface area contributed by atoms with Crippen LogP contribution >= 0.6 is 27.5 Å². The normalized spacial score (nSPS) is 39.7. The molecule has 0 heterocycles. The van der Waals surface area contributed by atoms with E-state index in [9.17, 15) is 4.79 Å². The Labute approximate surface area is 98.0 Å². The molecule has 0 spiro atoms. The van der Waals surface area contributed by atoms with Gasteiger partial charge in [0.2, 0.25) is 0 Å². The molecule has 0 aromatic rings. The van der Waals surface area contributed by atoms with Crippen LogP contribution < -0.4 is 0 Å². The minimum Gasteiger partial charge on any atom is -0.297 e. The van der Waals surface area contributed by atoms with Crippen LogP contribution in [0.4, 0.5) is 0 Å². The number of ketones is 1. The zero-order valence-electron chi connectivity index (χ0n) is 8.01. The van der Waals surface area contributed by atoms with Crippen molar-refractivity contribution in [2.75, 3.05) is 5.33 Å². The summed E-state index contributed by atoms with van der Waals surface area (Å²) in [5.74, 6) is 0.826. The number of rotatable bonds is 4. The highest BCUT2D eigenvalue weighted by molar-refractivity contribution is 9.09. The summed E-state index contributed by atoms with van der Waals surface area (Å²) in [4.78, 5) is 11.2. The summed E-state index contributed by atoms with van der Waals surface area (Å²) in [7, 11) is 0. The number of hydrogen-bond acceptors (Lipinski definition) is 1. The summed E-state index contributed by atoms with van der Waals surface area (Å²) >= 11 is 9.77. The van der Waals surface area contributed by atoms with Gasteiger partial charge in [0.1, 0.15) is 4.87 Å². The third kappa shape index (κ3) is 1.47. The number of hydrogen-bond donors (Lipinski definition) is 0. The van der Waals surface area contributed by atoms with Crippen LogP contribution in [0.1, 0.15) is 25.7 Å². The quantitative estimate of drug-likeness (QED) is 0.438. The molecule has 0 amide bonds. The molecule has 3 atom stereocenters. The highest BCUT2D eigenvalue weighted by Crippen LogP contribution is 2.53. The molecule has 0 N–H and O–H groups in total. The van der Waals surface area contributed by atoms with Crippen molar-refractivity contribution in [1.82, 2.24) is 0 Å². The fourth-order valence-electron chi connectivity index (χ4n) is 2.54.